The summed E-state index contributed by atoms with van der Waals surface area (Å²) in [5.41, 5.74) is 2.55. The van der Waals surface area contributed by atoms with Gasteiger partial charge in [-0.25, -0.2) is 4.52 Å². The minimum Gasteiger partial charge on any atom is -0.309 e. The highest BCUT2D eigenvalue weighted by atomic mass is 19.1. The molecular weight excluding hydrogens is 245 g/mol. The highest BCUT2D eigenvalue weighted by Crippen LogP contribution is 2.27. The molecule has 2 rings (SSSR count). The molecule has 2 heterocycles. The van der Waals surface area contributed by atoms with Crippen LogP contribution in [0, 0.1) is 0 Å². The van der Waals surface area contributed by atoms with Gasteiger partial charge in [0.25, 0.3) is 0 Å². The number of fused-ring (bicyclic) bond motifs is 1. The second-order valence-electron chi connectivity index (χ2n) is 4.39. The standard InChI is InChI=1S/C14H18FN3O/c1-3-12-14(17(11(2)19)9-6-8-15)13-7-4-5-10-18(13)16-12/h4-5,7,10H,3,6,8-9H2,1-2H3. The van der Waals surface area contributed by atoms with Gasteiger partial charge in [-0.15, -0.1) is 0 Å². The number of hydrogen-bond acceptors (Lipinski definition) is 2. The Morgan fingerprint density at radius 1 is 1.47 bits per heavy atom. The van der Waals surface area contributed by atoms with E-state index in [4.69, 9.17) is 0 Å². The second kappa shape index (κ2) is 5.82. The molecule has 0 N–H and O–H groups in total. The van der Waals surface area contributed by atoms with Crippen molar-refractivity contribution < 1.29 is 9.18 Å². The summed E-state index contributed by atoms with van der Waals surface area (Å²) < 4.78 is 14.2. The number of hydrogen-bond donors (Lipinski definition) is 0. The summed E-state index contributed by atoms with van der Waals surface area (Å²) in [7, 11) is 0. The van der Waals surface area contributed by atoms with Crippen LogP contribution in [0.5, 0.6) is 0 Å². The van der Waals surface area contributed by atoms with Crippen molar-refractivity contribution in [1.29, 1.82) is 0 Å². The summed E-state index contributed by atoms with van der Waals surface area (Å²) in [6.45, 7) is 3.46. The third-order valence-corrected chi connectivity index (χ3v) is 3.08. The maximum absolute atomic E-state index is 12.4. The molecule has 102 valence electrons. The molecule has 0 fully saturated rings. The van der Waals surface area contributed by atoms with Gasteiger partial charge in [0, 0.05) is 19.7 Å². The first-order valence-corrected chi connectivity index (χ1v) is 6.49. The van der Waals surface area contributed by atoms with Gasteiger partial charge in [0.15, 0.2) is 0 Å². The molecule has 0 atom stereocenters. The number of nitrogens with zero attached hydrogens (tertiary/aromatic N) is 3. The lowest BCUT2D eigenvalue weighted by Gasteiger charge is -2.20. The molecule has 0 bridgehead atoms. The number of rotatable bonds is 5. The maximum Gasteiger partial charge on any atom is 0.223 e. The minimum atomic E-state index is -0.426. The van der Waals surface area contributed by atoms with E-state index in [9.17, 15) is 9.18 Å². The number of pyridine rings is 1. The minimum absolute atomic E-state index is 0.0816. The van der Waals surface area contributed by atoms with Gasteiger partial charge in [-0.1, -0.05) is 13.0 Å². The van der Waals surface area contributed by atoms with Crippen molar-refractivity contribution in [3.05, 3.63) is 30.1 Å². The van der Waals surface area contributed by atoms with Crippen molar-refractivity contribution in [1.82, 2.24) is 9.61 Å². The molecule has 0 unspecified atom stereocenters. The predicted octanol–water partition coefficient (Wildman–Crippen LogP) is 2.61. The zero-order chi connectivity index (χ0) is 13.8. The topological polar surface area (TPSA) is 37.6 Å². The Morgan fingerprint density at radius 3 is 2.89 bits per heavy atom. The Balaban J connectivity index is 2.53. The summed E-state index contributed by atoms with van der Waals surface area (Å²) in [6, 6.07) is 5.73. The van der Waals surface area contributed by atoms with Crippen molar-refractivity contribution in [3.8, 4) is 0 Å². The molecule has 0 saturated heterocycles. The Hall–Kier alpha value is -1.91. The van der Waals surface area contributed by atoms with Crippen molar-refractivity contribution >= 4 is 17.1 Å². The van der Waals surface area contributed by atoms with E-state index in [1.54, 1.807) is 9.42 Å². The van der Waals surface area contributed by atoms with E-state index in [0.717, 1.165) is 23.3 Å². The molecule has 2 aromatic rings. The molecule has 0 aliphatic carbocycles. The van der Waals surface area contributed by atoms with Crippen LogP contribution in [0.15, 0.2) is 24.4 Å². The fraction of sp³-hybridized carbons (Fsp3) is 0.429. The third kappa shape index (κ3) is 2.59. The first-order chi connectivity index (χ1) is 9.19. The van der Waals surface area contributed by atoms with Gasteiger partial charge in [-0.3, -0.25) is 9.18 Å². The summed E-state index contributed by atoms with van der Waals surface area (Å²) in [5.74, 6) is -0.0816. The highest BCUT2D eigenvalue weighted by Gasteiger charge is 2.20. The average Bonchev–Trinajstić information content (AvgIpc) is 2.78. The van der Waals surface area contributed by atoms with Crippen molar-refractivity contribution in [2.45, 2.75) is 26.7 Å². The number of anilines is 1. The molecule has 2 aromatic heterocycles. The second-order valence-corrected chi connectivity index (χ2v) is 4.39. The van der Waals surface area contributed by atoms with Crippen LogP contribution in [0.25, 0.3) is 5.52 Å². The van der Waals surface area contributed by atoms with Crippen LogP contribution in [0.1, 0.15) is 26.0 Å². The fourth-order valence-electron chi connectivity index (χ4n) is 2.21. The highest BCUT2D eigenvalue weighted by molar-refractivity contribution is 5.97. The van der Waals surface area contributed by atoms with Gasteiger partial charge in [0.1, 0.15) is 0 Å². The molecule has 0 radical (unpaired) electrons. The van der Waals surface area contributed by atoms with Gasteiger partial charge in [-0.05, 0) is 25.0 Å². The zero-order valence-corrected chi connectivity index (χ0v) is 11.3. The lowest BCUT2D eigenvalue weighted by atomic mass is 10.2. The van der Waals surface area contributed by atoms with Crippen molar-refractivity contribution in [3.63, 3.8) is 0 Å². The summed E-state index contributed by atoms with van der Waals surface area (Å²) in [4.78, 5) is 13.5. The van der Waals surface area contributed by atoms with E-state index in [-0.39, 0.29) is 5.91 Å². The lowest BCUT2D eigenvalue weighted by molar-refractivity contribution is -0.116. The van der Waals surface area contributed by atoms with Crippen LogP contribution in [0.2, 0.25) is 0 Å². The Kier molecular flexibility index (Phi) is 4.14. The van der Waals surface area contributed by atoms with Crippen LogP contribution in [0.4, 0.5) is 10.1 Å². The van der Waals surface area contributed by atoms with E-state index in [2.05, 4.69) is 5.10 Å². The van der Waals surface area contributed by atoms with Gasteiger partial charge >= 0.3 is 0 Å². The van der Waals surface area contributed by atoms with Crippen molar-refractivity contribution in [2.75, 3.05) is 18.1 Å². The predicted molar refractivity (Wildman–Crippen MR) is 73.2 cm³/mol. The summed E-state index contributed by atoms with van der Waals surface area (Å²) in [6.07, 6.45) is 2.93. The fourth-order valence-corrected chi connectivity index (χ4v) is 2.21. The molecule has 0 aromatic carbocycles. The smallest absolute Gasteiger partial charge is 0.223 e. The molecule has 0 aliphatic rings. The molecule has 19 heavy (non-hydrogen) atoms. The molecule has 1 amide bonds. The van der Waals surface area contributed by atoms with Crippen LogP contribution in [0.3, 0.4) is 0 Å². The number of carbonyl (C=O) groups is 1. The van der Waals surface area contributed by atoms with Crippen LogP contribution in [-0.4, -0.2) is 28.7 Å². The summed E-state index contributed by atoms with van der Waals surface area (Å²) >= 11 is 0. The van der Waals surface area contributed by atoms with E-state index in [1.807, 2.05) is 31.3 Å². The van der Waals surface area contributed by atoms with E-state index in [1.165, 1.54) is 6.92 Å². The van der Waals surface area contributed by atoms with Crippen LogP contribution < -0.4 is 4.90 Å². The van der Waals surface area contributed by atoms with E-state index in [0.29, 0.717) is 13.0 Å². The number of carbonyl (C=O) groups excluding carboxylic acids is 1. The largest absolute Gasteiger partial charge is 0.309 e. The monoisotopic (exact) mass is 263 g/mol. The van der Waals surface area contributed by atoms with Crippen LogP contribution in [-0.2, 0) is 11.2 Å². The Bertz CT molecular complexity index is 579. The normalized spacial score (nSPS) is 10.9. The third-order valence-electron chi connectivity index (χ3n) is 3.08. The summed E-state index contributed by atoms with van der Waals surface area (Å²) in [5, 5.41) is 4.47. The van der Waals surface area contributed by atoms with Gasteiger partial charge in [0.05, 0.1) is 23.6 Å². The number of aryl methyl sites for hydroxylation is 1. The quantitative estimate of drug-likeness (QED) is 0.831. The van der Waals surface area contributed by atoms with E-state index < -0.39 is 6.67 Å². The molecule has 0 saturated carbocycles. The van der Waals surface area contributed by atoms with Gasteiger partial charge in [0.2, 0.25) is 5.91 Å². The SMILES string of the molecule is CCc1nn2ccccc2c1N(CCCF)C(C)=O. The molecule has 5 heteroatoms. The zero-order valence-electron chi connectivity index (χ0n) is 11.3. The lowest BCUT2D eigenvalue weighted by Crippen LogP contribution is -2.30. The molecule has 4 nitrogen and oxygen atoms in total. The number of alkyl halides is 1. The number of halogens is 1. The molecular formula is C14H18FN3O. The Morgan fingerprint density at radius 2 is 2.26 bits per heavy atom. The Labute approximate surface area is 111 Å². The van der Waals surface area contributed by atoms with Crippen LogP contribution >= 0.6 is 0 Å². The number of aromatic nitrogens is 2. The average molecular weight is 263 g/mol. The molecule has 0 spiro atoms. The first-order valence-electron chi connectivity index (χ1n) is 6.49. The van der Waals surface area contributed by atoms with Crippen molar-refractivity contribution in [2.24, 2.45) is 0 Å². The van der Waals surface area contributed by atoms with E-state index >= 15 is 0 Å². The first kappa shape index (κ1) is 13.5. The van der Waals surface area contributed by atoms with Gasteiger partial charge in [-0.2, -0.15) is 5.10 Å². The number of amides is 1. The maximum atomic E-state index is 12.4. The molecule has 0 aliphatic heterocycles. The van der Waals surface area contributed by atoms with Gasteiger partial charge < -0.3 is 4.90 Å².